The van der Waals surface area contributed by atoms with E-state index in [2.05, 4.69) is 0 Å². The highest BCUT2D eigenvalue weighted by atomic mass is 16.7. The maximum atomic E-state index is 11.9. The summed E-state index contributed by atoms with van der Waals surface area (Å²) in [6, 6.07) is 0. The van der Waals surface area contributed by atoms with Crippen molar-refractivity contribution in [3.05, 3.63) is 0 Å². The topological polar surface area (TPSA) is 62.3 Å². The molecule has 1 heterocycles. The van der Waals surface area contributed by atoms with Crippen LogP contribution in [0, 0.1) is 0 Å². The first-order chi connectivity index (χ1) is 9.23. The van der Waals surface area contributed by atoms with Gasteiger partial charge in [0.05, 0.1) is 13.7 Å². The van der Waals surface area contributed by atoms with Crippen molar-refractivity contribution < 1.29 is 19.2 Å². The van der Waals surface area contributed by atoms with Crippen molar-refractivity contribution >= 4 is 12.0 Å². The van der Waals surface area contributed by atoms with Gasteiger partial charge in [-0.15, -0.1) is 0 Å². The van der Waals surface area contributed by atoms with Gasteiger partial charge in [-0.25, -0.2) is 9.86 Å². The van der Waals surface area contributed by atoms with Crippen molar-refractivity contribution in [2.75, 3.05) is 46.9 Å². The monoisotopic (exact) mass is 287 g/mol. The van der Waals surface area contributed by atoms with E-state index in [1.165, 1.54) is 12.2 Å². The number of nitrogens with zero attached hydrogens (tertiary/aromatic N) is 3. The third kappa shape index (κ3) is 5.34. The van der Waals surface area contributed by atoms with E-state index in [-0.39, 0.29) is 12.0 Å². The van der Waals surface area contributed by atoms with Crippen LogP contribution in [0.2, 0.25) is 0 Å². The molecule has 1 rings (SSSR count). The van der Waals surface area contributed by atoms with Crippen molar-refractivity contribution in [1.29, 1.82) is 0 Å². The molecular weight excluding hydrogens is 262 g/mol. The van der Waals surface area contributed by atoms with Gasteiger partial charge in [-0.3, -0.25) is 14.5 Å². The Kier molecular flexibility index (Phi) is 5.76. The van der Waals surface area contributed by atoms with E-state index in [1.54, 1.807) is 11.9 Å². The Balaban J connectivity index is 2.37. The van der Waals surface area contributed by atoms with Gasteiger partial charge < -0.3 is 9.64 Å². The first-order valence-corrected chi connectivity index (χ1v) is 6.74. The first kappa shape index (κ1) is 16.7. The quantitative estimate of drug-likeness (QED) is 0.710. The standard InChI is InChI=1S/C13H25N3O4/c1-13(2,3)20-12(18)16-8-6-15(7-9-16)10-11(17)14(4)19-5/h6-10H2,1-5H3. The van der Waals surface area contributed by atoms with Crippen LogP contribution >= 0.6 is 0 Å². The Morgan fingerprint density at radius 3 is 2.15 bits per heavy atom. The zero-order chi connectivity index (χ0) is 15.3. The molecule has 0 aliphatic carbocycles. The molecule has 0 aromatic heterocycles. The highest BCUT2D eigenvalue weighted by molar-refractivity contribution is 5.77. The molecule has 0 bridgehead atoms. The molecule has 0 saturated carbocycles. The molecule has 1 saturated heterocycles. The van der Waals surface area contributed by atoms with Crippen LogP contribution in [0.15, 0.2) is 0 Å². The largest absolute Gasteiger partial charge is 0.444 e. The Bertz CT molecular complexity index is 346. The van der Waals surface area contributed by atoms with Crippen molar-refractivity contribution in [1.82, 2.24) is 14.9 Å². The molecule has 1 aliphatic heterocycles. The Hall–Kier alpha value is -1.34. The normalized spacial score (nSPS) is 16.9. The van der Waals surface area contributed by atoms with Gasteiger partial charge in [0.25, 0.3) is 5.91 Å². The van der Waals surface area contributed by atoms with Crippen LogP contribution in [0.1, 0.15) is 20.8 Å². The Morgan fingerprint density at radius 1 is 1.15 bits per heavy atom. The van der Waals surface area contributed by atoms with Crippen LogP contribution in [-0.4, -0.2) is 79.3 Å². The number of carbonyl (C=O) groups is 2. The molecule has 7 heteroatoms. The molecule has 0 atom stereocenters. The second kappa shape index (κ2) is 6.90. The molecule has 0 unspecified atom stereocenters. The molecule has 1 aliphatic rings. The predicted molar refractivity (Wildman–Crippen MR) is 74.0 cm³/mol. The van der Waals surface area contributed by atoms with Crippen LogP contribution in [0.5, 0.6) is 0 Å². The minimum Gasteiger partial charge on any atom is -0.444 e. The lowest BCUT2D eigenvalue weighted by Crippen LogP contribution is -2.52. The Labute approximate surface area is 120 Å². The number of ether oxygens (including phenoxy) is 1. The van der Waals surface area contributed by atoms with Gasteiger partial charge in [-0.2, -0.15) is 0 Å². The third-order valence-electron chi connectivity index (χ3n) is 3.01. The van der Waals surface area contributed by atoms with Gasteiger partial charge in [-0.1, -0.05) is 0 Å². The summed E-state index contributed by atoms with van der Waals surface area (Å²) in [4.78, 5) is 32.1. The summed E-state index contributed by atoms with van der Waals surface area (Å²) in [5.41, 5.74) is -0.481. The zero-order valence-electron chi connectivity index (χ0n) is 13.0. The number of hydrogen-bond acceptors (Lipinski definition) is 5. The average molecular weight is 287 g/mol. The number of likely N-dealkylation sites (N-methyl/N-ethyl adjacent to an activating group) is 1. The van der Waals surface area contributed by atoms with Gasteiger partial charge in [-0.05, 0) is 20.8 Å². The van der Waals surface area contributed by atoms with Gasteiger partial charge in [0.2, 0.25) is 0 Å². The maximum absolute atomic E-state index is 11.9. The van der Waals surface area contributed by atoms with Crippen molar-refractivity contribution in [3.63, 3.8) is 0 Å². The summed E-state index contributed by atoms with van der Waals surface area (Å²) in [5, 5.41) is 1.21. The zero-order valence-corrected chi connectivity index (χ0v) is 13.0. The highest BCUT2D eigenvalue weighted by Gasteiger charge is 2.26. The highest BCUT2D eigenvalue weighted by Crippen LogP contribution is 2.11. The molecule has 0 N–H and O–H groups in total. The first-order valence-electron chi connectivity index (χ1n) is 6.74. The Morgan fingerprint density at radius 2 is 1.70 bits per heavy atom. The molecule has 7 nitrogen and oxygen atoms in total. The van der Waals surface area contributed by atoms with Gasteiger partial charge >= 0.3 is 6.09 Å². The van der Waals surface area contributed by atoms with E-state index in [4.69, 9.17) is 9.57 Å². The van der Waals surface area contributed by atoms with E-state index in [0.29, 0.717) is 32.7 Å². The molecule has 20 heavy (non-hydrogen) atoms. The average Bonchev–Trinajstić information content (AvgIpc) is 2.36. The van der Waals surface area contributed by atoms with E-state index in [1.807, 2.05) is 25.7 Å². The predicted octanol–water partition coefficient (Wildman–Crippen LogP) is 0.559. The van der Waals surface area contributed by atoms with Crippen LogP contribution < -0.4 is 0 Å². The number of hydroxylamine groups is 2. The lowest BCUT2D eigenvalue weighted by Gasteiger charge is -2.35. The lowest BCUT2D eigenvalue weighted by atomic mass is 10.2. The third-order valence-corrected chi connectivity index (χ3v) is 3.01. The molecule has 0 aromatic carbocycles. The second-order valence-corrected chi connectivity index (χ2v) is 5.82. The molecule has 0 aromatic rings. The minimum absolute atomic E-state index is 0.0989. The van der Waals surface area contributed by atoms with E-state index >= 15 is 0 Å². The SMILES string of the molecule is CON(C)C(=O)CN1CCN(C(=O)OC(C)(C)C)CC1. The van der Waals surface area contributed by atoms with Crippen LogP contribution in [-0.2, 0) is 14.4 Å². The summed E-state index contributed by atoms with van der Waals surface area (Å²) >= 11 is 0. The van der Waals surface area contributed by atoms with Crippen LogP contribution in [0.3, 0.4) is 0 Å². The molecule has 1 fully saturated rings. The van der Waals surface area contributed by atoms with E-state index in [0.717, 1.165) is 0 Å². The van der Waals surface area contributed by atoms with Gasteiger partial charge in [0.15, 0.2) is 0 Å². The van der Waals surface area contributed by atoms with Crippen molar-refractivity contribution in [2.45, 2.75) is 26.4 Å². The fourth-order valence-corrected chi connectivity index (χ4v) is 1.81. The number of rotatable bonds is 3. The molecular formula is C13H25N3O4. The lowest BCUT2D eigenvalue weighted by molar-refractivity contribution is -0.170. The summed E-state index contributed by atoms with van der Waals surface area (Å²) < 4.78 is 5.32. The fourth-order valence-electron chi connectivity index (χ4n) is 1.81. The van der Waals surface area contributed by atoms with Gasteiger partial charge in [0, 0.05) is 33.2 Å². The number of piperazine rings is 1. The smallest absolute Gasteiger partial charge is 0.410 e. The fraction of sp³-hybridized carbons (Fsp3) is 0.846. The molecule has 2 amide bonds. The number of amides is 2. The van der Waals surface area contributed by atoms with Crippen LogP contribution in [0.4, 0.5) is 4.79 Å². The van der Waals surface area contributed by atoms with Gasteiger partial charge in [0.1, 0.15) is 5.60 Å². The molecule has 116 valence electrons. The summed E-state index contributed by atoms with van der Waals surface area (Å²) in [7, 11) is 3.04. The van der Waals surface area contributed by atoms with E-state index in [9.17, 15) is 9.59 Å². The summed E-state index contributed by atoms with van der Waals surface area (Å²) in [6.45, 7) is 8.29. The van der Waals surface area contributed by atoms with Crippen molar-refractivity contribution in [3.8, 4) is 0 Å². The summed E-state index contributed by atoms with van der Waals surface area (Å²) in [6.07, 6.45) is -0.294. The number of hydrogen-bond donors (Lipinski definition) is 0. The number of carbonyl (C=O) groups excluding carboxylic acids is 2. The maximum Gasteiger partial charge on any atom is 0.410 e. The van der Waals surface area contributed by atoms with Crippen LogP contribution in [0.25, 0.3) is 0 Å². The molecule has 0 radical (unpaired) electrons. The van der Waals surface area contributed by atoms with E-state index < -0.39 is 5.60 Å². The van der Waals surface area contributed by atoms with Crippen molar-refractivity contribution in [2.24, 2.45) is 0 Å². The summed E-state index contributed by atoms with van der Waals surface area (Å²) in [5.74, 6) is -0.0989. The minimum atomic E-state index is -0.481. The second-order valence-electron chi connectivity index (χ2n) is 5.82. The molecule has 0 spiro atoms.